The highest BCUT2D eigenvalue weighted by Gasteiger charge is 2.32. The van der Waals surface area contributed by atoms with Crippen molar-refractivity contribution in [3.63, 3.8) is 0 Å². The van der Waals surface area contributed by atoms with Gasteiger partial charge in [0.1, 0.15) is 11.5 Å². The molecule has 0 saturated carbocycles. The molecule has 0 aromatic heterocycles. The maximum absolute atomic E-state index is 12.8. The topological polar surface area (TPSA) is 47.6 Å². The first-order valence-corrected chi connectivity index (χ1v) is 7.04. The molecule has 0 bridgehead atoms. The molecule has 128 valence electrons. The summed E-state index contributed by atoms with van der Waals surface area (Å²) in [6, 6.07) is 10.2. The molecule has 1 amide bonds. The van der Waals surface area contributed by atoms with E-state index in [1.807, 2.05) is 0 Å². The highest BCUT2D eigenvalue weighted by atomic mass is 19.4. The minimum Gasteiger partial charge on any atom is -0.497 e. The molecule has 7 heteroatoms. The fourth-order valence-electron chi connectivity index (χ4n) is 2.02. The van der Waals surface area contributed by atoms with Gasteiger partial charge < -0.3 is 14.8 Å². The summed E-state index contributed by atoms with van der Waals surface area (Å²) in [5, 5.41) is 2.39. The molecule has 0 aliphatic rings. The number of nitrogens with one attached hydrogen (secondary N) is 1. The number of aryl methyl sites for hydroxylation is 1. The molecule has 0 saturated heterocycles. The number of alkyl halides is 3. The third-order valence-electron chi connectivity index (χ3n) is 3.26. The molecule has 0 atom stereocenters. The summed E-state index contributed by atoms with van der Waals surface area (Å²) in [6.07, 6.45) is -4.47. The third-order valence-corrected chi connectivity index (χ3v) is 3.26. The van der Waals surface area contributed by atoms with Crippen LogP contribution in [0.3, 0.4) is 0 Å². The first-order chi connectivity index (χ1) is 11.3. The van der Waals surface area contributed by atoms with Gasteiger partial charge >= 0.3 is 6.18 Å². The fraction of sp³-hybridized carbons (Fsp3) is 0.235. The summed E-state index contributed by atoms with van der Waals surface area (Å²) < 4.78 is 48.8. The molecule has 2 aromatic rings. The van der Waals surface area contributed by atoms with Gasteiger partial charge in [-0.05, 0) is 48.9 Å². The van der Waals surface area contributed by atoms with Crippen molar-refractivity contribution < 1.29 is 27.4 Å². The molecule has 0 fully saturated rings. The zero-order chi connectivity index (χ0) is 17.7. The highest BCUT2D eigenvalue weighted by Crippen LogP contribution is 2.33. The van der Waals surface area contributed by atoms with Gasteiger partial charge in [0.25, 0.3) is 5.91 Å². The summed E-state index contributed by atoms with van der Waals surface area (Å²) in [5.41, 5.74) is -0.623. The third kappa shape index (κ3) is 4.65. The van der Waals surface area contributed by atoms with Crippen LogP contribution in [0.4, 0.5) is 18.9 Å². The molecular formula is C17H16F3NO3. The van der Waals surface area contributed by atoms with Gasteiger partial charge in [-0.25, -0.2) is 0 Å². The van der Waals surface area contributed by atoms with Crippen molar-refractivity contribution in [1.29, 1.82) is 0 Å². The number of halogens is 3. The quantitative estimate of drug-likeness (QED) is 0.894. The number of methoxy groups -OCH3 is 1. The summed E-state index contributed by atoms with van der Waals surface area (Å²) >= 11 is 0. The van der Waals surface area contributed by atoms with E-state index < -0.39 is 17.6 Å². The Morgan fingerprint density at radius 3 is 2.29 bits per heavy atom. The van der Waals surface area contributed by atoms with Crippen LogP contribution in [-0.2, 0) is 11.0 Å². The Balaban J connectivity index is 1.97. The molecular weight excluding hydrogens is 323 g/mol. The van der Waals surface area contributed by atoms with Gasteiger partial charge in [0, 0.05) is 5.69 Å². The van der Waals surface area contributed by atoms with E-state index >= 15 is 0 Å². The summed E-state index contributed by atoms with van der Waals surface area (Å²) in [4.78, 5) is 11.8. The number of carbonyl (C=O) groups excluding carboxylic acids is 1. The second-order valence-electron chi connectivity index (χ2n) is 5.04. The van der Waals surface area contributed by atoms with Gasteiger partial charge in [-0.2, -0.15) is 13.2 Å². The van der Waals surface area contributed by atoms with E-state index in [0.29, 0.717) is 11.5 Å². The Bertz CT molecular complexity index is 712. The number of hydrogen-bond acceptors (Lipinski definition) is 3. The maximum atomic E-state index is 12.8. The normalized spacial score (nSPS) is 11.0. The second kappa shape index (κ2) is 7.25. The molecule has 0 unspecified atom stereocenters. The average molecular weight is 339 g/mol. The average Bonchev–Trinajstić information content (AvgIpc) is 2.54. The highest BCUT2D eigenvalue weighted by molar-refractivity contribution is 5.92. The Hall–Kier alpha value is -2.70. The molecule has 0 spiro atoms. The van der Waals surface area contributed by atoms with Crippen molar-refractivity contribution in [3.05, 3.63) is 53.6 Å². The minimum atomic E-state index is -4.47. The van der Waals surface area contributed by atoms with Crippen LogP contribution >= 0.6 is 0 Å². The van der Waals surface area contributed by atoms with Gasteiger partial charge in [0.05, 0.1) is 12.7 Å². The lowest BCUT2D eigenvalue weighted by Crippen LogP contribution is -2.20. The molecule has 4 nitrogen and oxygen atoms in total. The van der Waals surface area contributed by atoms with Crippen molar-refractivity contribution in [2.45, 2.75) is 13.1 Å². The Labute approximate surface area is 137 Å². The van der Waals surface area contributed by atoms with Gasteiger partial charge in [0.2, 0.25) is 0 Å². The van der Waals surface area contributed by atoms with Crippen molar-refractivity contribution in [1.82, 2.24) is 0 Å². The summed E-state index contributed by atoms with van der Waals surface area (Å²) in [5.74, 6) is 0.541. The van der Waals surface area contributed by atoms with Gasteiger partial charge in [-0.3, -0.25) is 4.79 Å². The van der Waals surface area contributed by atoms with Crippen LogP contribution in [0.5, 0.6) is 11.5 Å². The molecule has 0 aliphatic heterocycles. The Morgan fingerprint density at radius 1 is 1.08 bits per heavy atom. The van der Waals surface area contributed by atoms with Crippen molar-refractivity contribution in [3.8, 4) is 11.5 Å². The van der Waals surface area contributed by atoms with Crippen LogP contribution in [0, 0.1) is 6.92 Å². The number of anilines is 1. The van der Waals surface area contributed by atoms with E-state index in [1.54, 1.807) is 24.3 Å². The molecule has 0 aliphatic carbocycles. The summed E-state index contributed by atoms with van der Waals surface area (Å²) in [7, 11) is 1.53. The van der Waals surface area contributed by atoms with Gasteiger partial charge in [-0.15, -0.1) is 0 Å². The first-order valence-electron chi connectivity index (χ1n) is 7.04. The van der Waals surface area contributed by atoms with E-state index in [1.165, 1.54) is 26.2 Å². The molecule has 2 aromatic carbocycles. The molecule has 24 heavy (non-hydrogen) atoms. The lowest BCUT2D eigenvalue weighted by atomic mass is 10.1. The first kappa shape index (κ1) is 17.7. The molecule has 0 heterocycles. The van der Waals surface area contributed by atoms with Crippen molar-refractivity contribution in [2.75, 3.05) is 19.0 Å². The van der Waals surface area contributed by atoms with Gasteiger partial charge in [-0.1, -0.05) is 6.07 Å². The number of amides is 1. The van der Waals surface area contributed by atoms with Crippen LogP contribution in [0.25, 0.3) is 0 Å². The minimum absolute atomic E-state index is 0.0660. The Kier molecular flexibility index (Phi) is 5.33. The predicted octanol–water partition coefficient (Wildman–Crippen LogP) is 4.04. The van der Waals surface area contributed by atoms with Gasteiger partial charge in [0.15, 0.2) is 6.61 Å². The molecule has 1 N–H and O–H groups in total. The van der Waals surface area contributed by atoms with E-state index in [4.69, 9.17) is 9.47 Å². The standard InChI is InChI=1S/C17H16F3NO3/c1-11-3-4-12(9-15(11)17(18,19)20)21-16(22)10-24-14-7-5-13(23-2)6-8-14/h3-9H,10H2,1-2H3,(H,21,22). The van der Waals surface area contributed by atoms with E-state index in [-0.39, 0.29) is 17.9 Å². The SMILES string of the molecule is COc1ccc(OCC(=O)Nc2ccc(C)c(C(F)(F)F)c2)cc1. The van der Waals surface area contributed by atoms with E-state index in [9.17, 15) is 18.0 Å². The van der Waals surface area contributed by atoms with Crippen LogP contribution < -0.4 is 14.8 Å². The second-order valence-corrected chi connectivity index (χ2v) is 5.04. The maximum Gasteiger partial charge on any atom is 0.416 e. The van der Waals surface area contributed by atoms with E-state index in [0.717, 1.165) is 6.07 Å². The lowest BCUT2D eigenvalue weighted by Gasteiger charge is -2.13. The number of carbonyl (C=O) groups is 1. The van der Waals surface area contributed by atoms with Crippen LogP contribution in [0.15, 0.2) is 42.5 Å². The number of rotatable bonds is 5. The van der Waals surface area contributed by atoms with Crippen LogP contribution in [-0.4, -0.2) is 19.6 Å². The Morgan fingerprint density at radius 2 is 1.71 bits per heavy atom. The monoisotopic (exact) mass is 339 g/mol. The number of hydrogen-bond donors (Lipinski definition) is 1. The number of ether oxygens (including phenoxy) is 2. The predicted molar refractivity (Wildman–Crippen MR) is 83.3 cm³/mol. The smallest absolute Gasteiger partial charge is 0.416 e. The fourth-order valence-corrected chi connectivity index (χ4v) is 2.02. The zero-order valence-electron chi connectivity index (χ0n) is 13.1. The molecule has 2 rings (SSSR count). The lowest BCUT2D eigenvalue weighted by molar-refractivity contribution is -0.138. The largest absolute Gasteiger partial charge is 0.497 e. The summed E-state index contributed by atoms with van der Waals surface area (Å²) in [6.45, 7) is 1.04. The van der Waals surface area contributed by atoms with Crippen molar-refractivity contribution >= 4 is 11.6 Å². The zero-order valence-corrected chi connectivity index (χ0v) is 13.1. The van der Waals surface area contributed by atoms with Crippen LogP contribution in [0.1, 0.15) is 11.1 Å². The van der Waals surface area contributed by atoms with E-state index in [2.05, 4.69) is 5.32 Å². The van der Waals surface area contributed by atoms with Crippen molar-refractivity contribution in [2.24, 2.45) is 0 Å². The molecule has 0 radical (unpaired) electrons. The van der Waals surface area contributed by atoms with Crippen LogP contribution in [0.2, 0.25) is 0 Å². The number of benzene rings is 2.